The van der Waals surface area contributed by atoms with Gasteiger partial charge in [0.05, 0.1) is 12.1 Å². The SMILES string of the molecule is CC1OCCC1Nc1cc(Cl)nc(C(C)(C)C)n1. The maximum atomic E-state index is 6.06. The van der Waals surface area contributed by atoms with Gasteiger partial charge in [-0.3, -0.25) is 0 Å². The molecule has 0 spiro atoms. The Morgan fingerprint density at radius 1 is 1.39 bits per heavy atom. The number of hydrogen-bond acceptors (Lipinski definition) is 4. The van der Waals surface area contributed by atoms with E-state index in [1.165, 1.54) is 0 Å². The van der Waals surface area contributed by atoms with E-state index >= 15 is 0 Å². The molecule has 2 rings (SSSR count). The van der Waals surface area contributed by atoms with Gasteiger partial charge in [-0.2, -0.15) is 0 Å². The molecule has 2 heterocycles. The predicted octanol–water partition coefficient (Wildman–Crippen LogP) is 3.02. The molecule has 0 saturated carbocycles. The molecular formula is C13H20ClN3O. The maximum Gasteiger partial charge on any atom is 0.137 e. The summed E-state index contributed by atoms with van der Waals surface area (Å²) in [5.41, 5.74) is -0.112. The average molecular weight is 270 g/mol. The lowest BCUT2D eigenvalue weighted by Crippen LogP contribution is -2.28. The van der Waals surface area contributed by atoms with Crippen LogP contribution in [0, 0.1) is 0 Å². The first kappa shape index (κ1) is 13.6. The molecule has 1 aromatic rings. The van der Waals surface area contributed by atoms with Gasteiger partial charge in [0.25, 0.3) is 0 Å². The topological polar surface area (TPSA) is 47.0 Å². The first-order valence-corrected chi connectivity index (χ1v) is 6.67. The molecule has 4 nitrogen and oxygen atoms in total. The number of nitrogens with one attached hydrogen (secondary N) is 1. The molecule has 0 bridgehead atoms. The quantitative estimate of drug-likeness (QED) is 0.839. The second-order valence-electron chi connectivity index (χ2n) is 5.76. The molecule has 100 valence electrons. The highest BCUT2D eigenvalue weighted by Gasteiger charge is 2.25. The van der Waals surface area contributed by atoms with Crippen molar-refractivity contribution in [3.63, 3.8) is 0 Å². The number of anilines is 1. The zero-order valence-corrected chi connectivity index (χ0v) is 12.1. The van der Waals surface area contributed by atoms with Crippen LogP contribution in [0.15, 0.2) is 6.07 Å². The molecule has 1 aromatic heterocycles. The van der Waals surface area contributed by atoms with Gasteiger partial charge in [0.2, 0.25) is 0 Å². The summed E-state index contributed by atoms with van der Waals surface area (Å²) in [5.74, 6) is 1.53. The maximum absolute atomic E-state index is 6.06. The number of hydrogen-bond donors (Lipinski definition) is 1. The minimum Gasteiger partial charge on any atom is -0.376 e. The Kier molecular flexibility index (Phi) is 3.78. The first-order chi connectivity index (χ1) is 8.36. The van der Waals surface area contributed by atoms with Gasteiger partial charge in [-0.15, -0.1) is 0 Å². The minimum atomic E-state index is -0.112. The molecular weight excluding hydrogens is 250 g/mol. The zero-order valence-electron chi connectivity index (χ0n) is 11.3. The molecule has 2 atom stereocenters. The molecule has 1 aliphatic rings. The van der Waals surface area contributed by atoms with Crippen LogP contribution in [0.25, 0.3) is 0 Å². The van der Waals surface area contributed by atoms with E-state index in [9.17, 15) is 0 Å². The summed E-state index contributed by atoms with van der Waals surface area (Å²) in [6.45, 7) is 9.08. The Balaban J connectivity index is 2.20. The van der Waals surface area contributed by atoms with Crippen molar-refractivity contribution in [2.24, 2.45) is 0 Å². The molecule has 5 heteroatoms. The van der Waals surface area contributed by atoms with Crippen LogP contribution in [0.5, 0.6) is 0 Å². The number of aromatic nitrogens is 2. The van der Waals surface area contributed by atoms with Crippen LogP contribution in [0.4, 0.5) is 5.82 Å². The molecule has 1 saturated heterocycles. The Labute approximate surface area is 113 Å². The molecule has 0 aromatic carbocycles. The van der Waals surface area contributed by atoms with Crippen LogP contribution >= 0.6 is 11.6 Å². The third kappa shape index (κ3) is 3.12. The molecule has 1 N–H and O–H groups in total. The fourth-order valence-electron chi connectivity index (χ4n) is 1.94. The Bertz CT molecular complexity index is 431. The Morgan fingerprint density at radius 3 is 2.67 bits per heavy atom. The normalized spacial score (nSPS) is 24.3. The molecule has 1 fully saturated rings. The van der Waals surface area contributed by atoms with Crippen LogP contribution in [0.1, 0.15) is 39.9 Å². The lowest BCUT2D eigenvalue weighted by Gasteiger charge is -2.20. The highest BCUT2D eigenvalue weighted by molar-refractivity contribution is 6.29. The van der Waals surface area contributed by atoms with Gasteiger partial charge in [0, 0.05) is 18.1 Å². The second-order valence-corrected chi connectivity index (χ2v) is 6.15. The molecule has 0 amide bonds. The summed E-state index contributed by atoms with van der Waals surface area (Å²) in [7, 11) is 0. The van der Waals surface area contributed by atoms with Gasteiger partial charge < -0.3 is 10.1 Å². The molecule has 1 aliphatic heterocycles. The second kappa shape index (κ2) is 5.02. The third-order valence-corrected chi connectivity index (χ3v) is 3.27. The Morgan fingerprint density at radius 2 is 2.11 bits per heavy atom. The third-order valence-electron chi connectivity index (χ3n) is 3.08. The lowest BCUT2D eigenvalue weighted by atomic mass is 9.96. The van der Waals surface area contributed by atoms with Gasteiger partial charge in [0.1, 0.15) is 16.8 Å². The van der Waals surface area contributed by atoms with Crippen LogP contribution in [-0.2, 0) is 10.2 Å². The van der Waals surface area contributed by atoms with Gasteiger partial charge in [-0.25, -0.2) is 9.97 Å². The summed E-state index contributed by atoms with van der Waals surface area (Å²) >= 11 is 6.06. The van der Waals surface area contributed by atoms with Crippen molar-refractivity contribution >= 4 is 17.4 Å². The number of halogens is 1. The van der Waals surface area contributed by atoms with Crippen LogP contribution in [0.3, 0.4) is 0 Å². The van der Waals surface area contributed by atoms with E-state index in [0.717, 1.165) is 24.7 Å². The first-order valence-electron chi connectivity index (χ1n) is 6.29. The van der Waals surface area contributed by atoms with Gasteiger partial charge in [0.15, 0.2) is 0 Å². The fourth-order valence-corrected chi connectivity index (χ4v) is 2.12. The van der Waals surface area contributed by atoms with Crippen molar-refractivity contribution in [3.05, 3.63) is 17.0 Å². The summed E-state index contributed by atoms with van der Waals surface area (Å²) in [5, 5.41) is 3.86. The van der Waals surface area contributed by atoms with E-state index in [1.54, 1.807) is 6.07 Å². The predicted molar refractivity (Wildman–Crippen MR) is 73.2 cm³/mol. The smallest absolute Gasteiger partial charge is 0.137 e. The van der Waals surface area contributed by atoms with E-state index in [-0.39, 0.29) is 11.5 Å². The molecule has 0 radical (unpaired) electrons. The lowest BCUT2D eigenvalue weighted by molar-refractivity contribution is 0.121. The average Bonchev–Trinajstić information content (AvgIpc) is 2.62. The number of rotatable bonds is 2. The van der Waals surface area contributed by atoms with Crippen molar-refractivity contribution < 1.29 is 4.74 Å². The fraction of sp³-hybridized carbons (Fsp3) is 0.692. The highest BCUT2D eigenvalue weighted by atomic mass is 35.5. The van der Waals surface area contributed by atoms with E-state index < -0.39 is 0 Å². The largest absolute Gasteiger partial charge is 0.376 e. The van der Waals surface area contributed by atoms with Crippen molar-refractivity contribution in [1.29, 1.82) is 0 Å². The minimum absolute atomic E-state index is 0.112. The van der Waals surface area contributed by atoms with Crippen molar-refractivity contribution in [2.75, 3.05) is 11.9 Å². The standard InChI is InChI=1S/C13H20ClN3O/c1-8-9(5-6-18-8)15-11-7-10(14)16-12(17-11)13(2,3)4/h7-9H,5-6H2,1-4H3,(H,15,16,17). The molecule has 2 unspecified atom stereocenters. The van der Waals surface area contributed by atoms with Gasteiger partial charge in [-0.05, 0) is 13.3 Å². The van der Waals surface area contributed by atoms with Gasteiger partial charge in [-0.1, -0.05) is 32.4 Å². The summed E-state index contributed by atoms with van der Waals surface area (Å²) in [6, 6.07) is 2.06. The van der Waals surface area contributed by atoms with Crippen molar-refractivity contribution in [1.82, 2.24) is 9.97 Å². The van der Waals surface area contributed by atoms with Crippen LogP contribution < -0.4 is 5.32 Å². The molecule has 0 aliphatic carbocycles. The van der Waals surface area contributed by atoms with Crippen molar-refractivity contribution in [3.8, 4) is 0 Å². The highest BCUT2D eigenvalue weighted by Crippen LogP contribution is 2.24. The number of ether oxygens (including phenoxy) is 1. The molecule has 18 heavy (non-hydrogen) atoms. The number of nitrogens with zero attached hydrogens (tertiary/aromatic N) is 2. The van der Waals surface area contributed by atoms with E-state index in [4.69, 9.17) is 16.3 Å². The Hall–Kier alpha value is -0.870. The van der Waals surface area contributed by atoms with Crippen molar-refractivity contribution in [2.45, 2.75) is 51.7 Å². The van der Waals surface area contributed by atoms with E-state index in [2.05, 4.69) is 43.0 Å². The van der Waals surface area contributed by atoms with Gasteiger partial charge >= 0.3 is 0 Å². The van der Waals surface area contributed by atoms with E-state index in [0.29, 0.717) is 11.2 Å². The summed E-state index contributed by atoms with van der Waals surface area (Å²) in [4.78, 5) is 8.82. The zero-order chi connectivity index (χ0) is 13.3. The van der Waals surface area contributed by atoms with Crippen LogP contribution in [-0.4, -0.2) is 28.7 Å². The monoisotopic (exact) mass is 269 g/mol. The van der Waals surface area contributed by atoms with E-state index in [1.807, 2.05) is 0 Å². The van der Waals surface area contributed by atoms with Crippen LogP contribution in [0.2, 0.25) is 5.15 Å². The summed E-state index contributed by atoms with van der Waals surface area (Å²) < 4.78 is 5.53. The summed E-state index contributed by atoms with van der Waals surface area (Å²) in [6.07, 6.45) is 1.20.